The summed E-state index contributed by atoms with van der Waals surface area (Å²) in [7, 11) is 0. The van der Waals surface area contributed by atoms with E-state index in [9.17, 15) is 9.18 Å². The van der Waals surface area contributed by atoms with E-state index < -0.39 is 11.4 Å². The van der Waals surface area contributed by atoms with Gasteiger partial charge in [-0.1, -0.05) is 6.07 Å². The van der Waals surface area contributed by atoms with Crippen LogP contribution in [-0.2, 0) is 0 Å². The zero-order valence-electron chi connectivity index (χ0n) is 9.24. The molecule has 4 nitrogen and oxygen atoms in total. The fourth-order valence-electron chi connectivity index (χ4n) is 2.22. The zero-order valence-corrected chi connectivity index (χ0v) is 9.24. The lowest BCUT2D eigenvalue weighted by atomic mass is 10.2. The summed E-state index contributed by atoms with van der Waals surface area (Å²) in [5.41, 5.74) is 0.00523. The third-order valence-electron chi connectivity index (χ3n) is 3.08. The number of aromatic nitrogens is 2. The van der Waals surface area contributed by atoms with Crippen molar-refractivity contribution < 1.29 is 4.39 Å². The van der Waals surface area contributed by atoms with Crippen LogP contribution in [0.4, 0.5) is 10.3 Å². The Hall–Kier alpha value is -1.91. The van der Waals surface area contributed by atoms with Crippen LogP contribution in [0.3, 0.4) is 0 Å². The Morgan fingerprint density at radius 3 is 2.82 bits per heavy atom. The highest BCUT2D eigenvalue weighted by Gasteiger charge is 2.16. The fraction of sp³-hybridized carbons (Fsp3) is 0.333. The van der Waals surface area contributed by atoms with E-state index in [1.165, 1.54) is 6.07 Å². The van der Waals surface area contributed by atoms with Crippen LogP contribution in [0.1, 0.15) is 12.8 Å². The average Bonchev–Trinajstić information content (AvgIpc) is 2.81. The number of nitrogens with zero attached hydrogens (tertiary/aromatic N) is 2. The highest BCUT2D eigenvalue weighted by atomic mass is 19.1. The van der Waals surface area contributed by atoms with Crippen molar-refractivity contribution in [3.05, 3.63) is 34.4 Å². The molecule has 1 aromatic carbocycles. The molecule has 2 aromatic rings. The Labute approximate surface area is 97.1 Å². The van der Waals surface area contributed by atoms with Crippen molar-refractivity contribution >= 4 is 16.9 Å². The van der Waals surface area contributed by atoms with Crippen LogP contribution in [0, 0.1) is 5.82 Å². The number of hydrogen-bond donors (Lipinski definition) is 1. The van der Waals surface area contributed by atoms with E-state index >= 15 is 0 Å². The molecule has 2 heterocycles. The number of rotatable bonds is 1. The summed E-state index contributed by atoms with van der Waals surface area (Å²) in [6, 6.07) is 4.50. The van der Waals surface area contributed by atoms with Crippen LogP contribution in [0.5, 0.6) is 0 Å². The van der Waals surface area contributed by atoms with Gasteiger partial charge in [-0.25, -0.2) is 9.37 Å². The van der Waals surface area contributed by atoms with Gasteiger partial charge in [-0.15, -0.1) is 0 Å². The summed E-state index contributed by atoms with van der Waals surface area (Å²) in [5, 5.41) is 0.0375. The summed E-state index contributed by atoms with van der Waals surface area (Å²) in [4.78, 5) is 20.8. The second kappa shape index (κ2) is 3.84. The number of benzene rings is 1. The second-order valence-corrected chi connectivity index (χ2v) is 4.22. The van der Waals surface area contributed by atoms with Crippen LogP contribution < -0.4 is 10.5 Å². The maximum Gasteiger partial charge on any atom is 0.263 e. The number of aromatic amines is 1. The first kappa shape index (κ1) is 10.3. The smallest absolute Gasteiger partial charge is 0.263 e. The monoisotopic (exact) mass is 233 g/mol. The van der Waals surface area contributed by atoms with Gasteiger partial charge in [0.05, 0.1) is 5.52 Å². The van der Waals surface area contributed by atoms with Gasteiger partial charge in [-0.2, -0.15) is 0 Å². The third kappa shape index (κ3) is 1.67. The molecule has 5 heteroatoms. The molecule has 3 rings (SSSR count). The van der Waals surface area contributed by atoms with Crippen molar-refractivity contribution in [2.24, 2.45) is 0 Å². The predicted octanol–water partition coefficient (Wildman–Crippen LogP) is 1.66. The van der Waals surface area contributed by atoms with Gasteiger partial charge in [0.15, 0.2) is 0 Å². The van der Waals surface area contributed by atoms with Crippen molar-refractivity contribution in [2.75, 3.05) is 18.0 Å². The van der Waals surface area contributed by atoms with Gasteiger partial charge < -0.3 is 4.90 Å². The number of fused-ring (bicyclic) bond motifs is 1. The van der Waals surface area contributed by atoms with Gasteiger partial charge >= 0.3 is 0 Å². The van der Waals surface area contributed by atoms with E-state index in [4.69, 9.17) is 0 Å². The quantitative estimate of drug-likeness (QED) is 0.815. The van der Waals surface area contributed by atoms with E-state index in [0.717, 1.165) is 25.9 Å². The van der Waals surface area contributed by atoms with Crippen molar-refractivity contribution in [1.82, 2.24) is 9.97 Å². The molecular weight excluding hydrogens is 221 g/mol. The van der Waals surface area contributed by atoms with E-state index in [1.54, 1.807) is 12.1 Å². The molecule has 0 aliphatic carbocycles. The highest BCUT2D eigenvalue weighted by molar-refractivity contribution is 5.79. The normalized spacial score (nSPS) is 15.7. The van der Waals surface area contributed by atoms with Crippen molar-refractivity contribution in [3.63, 3.8) is 0 Å². The SMILES string of the molecule is O=c1[nH]c(N2CCCC2)nc2cccc(F)c12. The molecule has 1 aliphatic rings. The Morgan fingerprint density at radius 2 is 2.06 bits per heavy atom. The number of nitrogens with one attached hydrogen (secondary N) is 1. The maximum atomic E-state index is 13.5. The second-order valence-electron chi connectivity index (χ2n) is 4.22. The maximum absolute atomic E-state index is 13.5. The van der Waals surface area contributed by atoms with E-state index in [-0.39, 0.29) is 5.39 Å². The number of halogens is 1. The third-order valence-corrected chi connectivity index (χ3v) is 3.08. The average molecular weight is 233 g/mol. The van der Waals surface area contributed by atoms with Crippen molar-refractivity contribution in [3.8, 4) is 0 Å². The lowest BCUT2D eigenvalue weighted by molar-refractivity contribution is 0.638. The van der Waals surface area contributed by atoms with Crippen molar-refractivity contribution in [1.29, 1.82) is 0 Å². The molecule has 1 N–H and O–H groups in total. The van der Waals surface area contributed by atoms with E-state index in [0.29, 0.717) is 11.5 Å². The largest absolute Gasteiger partial charge is 0.342 e. The van der Waals surface area contributed by atoms with Crippen LogP contribution >= 0.6 is 0 Å². The molecular formula is C12H12FN3O. The first-order chi connectivity index (χ1) is 8.25. The first-order valence-corrected chi connectivity index (χ1v) is 5.69. The summed E-state index contributed by atoms with van der Waals surface area (Å²) >= 11 is 0. The minimum absolute atomic E-state index is 0.0375. The lowest BCUT2D eigenvalue weighted by Crippen LogP contribution is -2.24. The van der Waals surface area contributed by atoms with E-state index in [1.807, 2.05) is 4.90 Å². The molecule has 0 amide bonds. The zero-order chi connectivity index (χ0) is 11.8. The molecule has 0 atom stereocenters. The molecule has 1 fully saturated rings. The van der Waals surface area contributed by atoms with Gasteiger partial charge in [-0.05, 0) is 25.0 Å². The predicted molar refractivity (Wildman–Crippen MR) is 63.8 cm³/mol. The van der Waals surface area contributed by atoms with Crippen LogP contribution in [0.25, 0.3) is 10.9 Å². The molecule has 0 unspecified atom stereocenters. The molecule has 0 saturated carbocycles. The molecule has 17 heavy (non-hydrogen) atoms. The molecule has 0 radical (unpaired) electrons. The summed E-state index contributed by atoms with van der Waals surface area (Å²) in [5.74, 6) is 0.0230. The fourth-order valence-corrected chi connectivity index (χ4v) is 2.22. The molecule has 0 spiro atoms. The summed E-state index contributed by atoms with van der Waals surface area (Å²) < 4.78 is 13.5. The molecule has 1 aromatic heterocycles. The Balaban J connectivity index is 2.20. The van der Waals surface area contributed by atoms with Crippen molar-refractivity contribution in [2.45, 2.75) is 12.8 Å². The summed E-state index contributed by atoms with van der Waals surface area (Å²) in [6.45, 7) is 1.79. The minimum atomic E-state index is -0.524. The molecule has 88 valence electrons. The molecule has 0 bridgehead atoms. The minimum Gasteiger partial charge on any atom is -0.342 e. The Bertz CT molecular complexity index is 617. The molecule has 1 aliphatic heterocycles. The summed E-state index contributed by atoms with van der Waals surface area (Å²) in [6.07, 6.45) is 2.20. The van der Waals surface area contributed by atoms with Gasteiger partial charge in [-0.3, -0.25) is 9.78 Å². The Kier molecular flexibility index (Phi) is 2.31. The number of anilines is 1. The lowest BCUT2D eigenvalue weighted by Gasteiger charge is -2.15. The van der Waals surface area contributed by atoms with Gasteiger partial charge in [0.25, 0.3) is 5.56 Å². The number of H-pyrrole nitrogens is 1. The first-order valence-electron chi connectivity index (χ1n) is 5.69. The standard InChI is InChI=1S/C12H12FN3O/c13-8-4-3-5-9-10(8)11(17)15-12(14-9)16-6-1-2-7-16/h3-5H,1-2,6-7H2,(H,14,15,17). The highest BCUT2D eigenvalue weighted by Crippen LogP contribution is 2.17. The van der Waals surface area contributed by atoms with E-state index in [2.05, 4.69) is 9.97 Å². The van der Waals surface area contributed by atoms with Crippen LogP contribution in [-0.4, -0.2) is 23.1 Å². The van der Waals surface area contributed by atoms with Crippen LogP contribution in [0.15, 0.2) is 23.0 Å². The number of hydrogen-bond acceptors (Lipinski definition) is 3. The molecule has 1 saturated heterocycles. The van der Waals surface area contributed by atoms with Crippen LogP contribution in [0.2, 0.25) is 0 Å². The Morgan fingerprint density at radius 1 is 1.29 bits per heavy atom. The van der Waals surface area contributed by atoms with Gasteiger partial charge in [0, 0.05) is 13.1 Å². The van der Waals surface area contributed by atoms with Gasteiger partial charge in [0.1, 0.15) is 11.2 Å². The topological polar surface area (TPSA) is 49.0 Å². The van der Waals surface area contributed by atoms with Gasteiger partial charge in [0.2, 0.25) is 5.95 Å².